The number of esters is 1. The molecular formula is C62H86N8O13. The van der Waals surface area contributed by atoms with Crippen LogP contribution in [0.5, 0.6) is 0 Å². The Morgan fingerprint density at radius 3 is 2.08 bits per heavy atom. The molecule has 2 aromatic carbocycles. The fraction of sp³-hybridized carbons (Fsp3) is 0.565. The van der Waals surface area contributed by atoms with Gasteiger partial charge in [0, 0.05) is 75.4 Å². The highest BCUT2D eigenvalue weighted by Crippen LogP contribution is 2.31. The summed E-state index contributed by atoms with van der Waals surface area (Å²) < 4.78 is 25.5. The van der Waals surface area contributed by atoms with Gasteiger partial charge in [-0.25, -0.2) is 19.6 Å². The molecule has 3 atom stereocenters. The van der Waals surface area contributed by atoms with Gasteiger partial charge < -0.3 is 45.2 Å². The van der Waals surface area contributed by atoms with Crippen LogP contribution in [0.3, 0.4) is 0 Å². The predicted octanol–water partition coefficient (Wildman–Crippen LogP) is 7.86. The van der Waals surface area contributed by atoms with Crippen LogP contribution in [0.2, 0.25) is 0 Å². The maximum Gasteiger partial charge on any atom is 0.408 e. The lowest BCUT2D eigenvalue weighted by atomic mass is 9.88. The van der Waals surface area contributed by atoms with Crippen molar-refractivity contribution >= 4 is 75.1 Å². The fourth-order valence-electron chi connectivity index (χ4n) is 9.68. The van der Waals surface area contributed by atoms with Crippen molar-refractivity contribution < 1.29 is 62.1 Å². The summed E-state index contributed by atoms with van der Waals surface area (Å²) in [5.74, 6) is -2.63. The number of amides is 6. The first-order valence-corrected chi connectivity index (χ1v) is 28.9. The number of unbranched alkanes of at least 4 members (excludes halogenated alkanes) is 2. The largest absolute Gasteiger partial charge is 0.461 e. The lowest BCUT2D eigenvalue weighted by molar-refractivity contribution is -0.146. The number of Topliss-reactive ketones (excluding diaryl/α,β-unsaturated/α-hetero) is 3. The number of hydrogen-bond donors (Lipinski definition) is 4. The average molecular weight is 1150 g/mol. The maximum atomic E-state index is 14.0. The number of pyridine rings is 1. The number of nitrogens with zero attached hydrogens (tertiary/aromatic N) is 4. The minimum Gasteiger partial charge on any atom is -0.461 e. The summed E-state index contributed by atoms with van der Waals surface area (Å²) in [5, 5.41) is 9.00. The molecule has 21 heteroatoms. The summed E-state index contributed by atoms with van der Waals surface area (Å²) in [4.78, 5) is 127. The second kappa shape index (κ2) is 31.3. The molecule has 3 heterocycles. The number of ketones is 3. The quantitative estimate of drug-likeness (QED) is 0.0194. The third kappa shape index (κ3) is 21.1. The third-order valence-corrected chi connectivity index (χ3v) is 14.1. The van der Waals surface area contributed by atoms with Gasteiger partial charge in [-0.2, -0.15) is 0 Å². The fourth-order valence-corrected chi connectivity index (χ4v) is 9.68. The highest BCUT2D eigenvalue weighted by Gasteiger charge is 2.32. The Balaban J connectivity index is 1.14. The van der Waals surface area contributed by atoms with Gasteiger partial charge in [0.05, 0.1) is 47.4 Å². The van der Waals surface area contributed by atoms with Gasteiger partial charge in [0.1, 0.15) is 35.9 Å². The van der Waals surface area contributed by atoms with Crippen LogP contribution < -0.4 is 21.7 Å². The number of nitrogens with one attached hydrogen (secondary N) is 3. The molecule has 0 saturated heterocycles. The number of carbonyl (C=O) groups excluding carboxylic acids is 9. The molecular weight excluding hydrogens is 1060 g/mol. The first-order chi connectivity index (χ1) is 39.2. The number of ether oxygens (including phenoxy) is 4. The van der Waals surface area contributed by atoms with E-state index in [9.17, 15) is 43.2 Å². The van der Waals surface area contributed by atoms with E-state index in [-0.39, 0.29) is 112 Å². The SMILES string of the molecule is CCOCc1nc2c(CC(=O)[C@@H](NC(=O)OC(C)(C)C)C(C)C)nc3ccccc3c2n1CC(C)(C)OCCCC(=O)OCc1ccc(CC(=O)[C@H](CCCNC(N)=O)NC(=O)[C@@H](CC(=O)CCCCCN2C(=O)C=CC2=O)C(C)C)cc1. The minimum absolute atomic E-state index is 0.00366. The third-order valence-electron chi connectivity index (χ3n) is 14.1. The molecule has 21 nitrogen and oxygen atoms in total. The highest BCUT2D eigenvalue weighted by atomic mass is 16.6. The first-order valence-electron chi connectivity index (χ1n) is 28.9. The number of urea groups is 1. The zero-order chi connectivity index (χ0) is 61.0. The molecule has 0 aliphatic carbocycles. The Morgan fingerprint density at radius 2 is 1.43 bits per heavy atom. The van der Waals surface area contributed by atoms with Crippen molar-refractivity contribution in [2.45, 2.75) is 183 Å². The number of nitrogens with two attached hydrogens (primary N) is 1. The van der Waals surface area contributed by atoms with Crippen LogP contribution >= 0.6 is 0 Å². The summed E-state index contributed by atoms with van der Waals surface area (Å²) in [6.45, 7) is 20.2. The van der Waals surface area contributed by atoms with Gasteiger partial charge in [0.25, 0.3) is 11.8 Å². The normalized spacial score (nSPS) is 13.9. The Bertz CT molecular complexity index is 2940. The van der Waals surface area contributed by atoms with Crippen LogP contribution in [0, 0.1) is 17.8 Å². The standard InChI is InChI=1S/C62H86N8O13/c1-11-80-37-51-67-56-48(35-50(73)55(40(4)5)68-60(79)83-61(6,7)8)65-46-21-15-14-20-44(46)57(56)70(51)38-62(9,10)82-32-18-23-54(76)81-36-42-26-24-41(25-27-42)33-49(72)47(22-17-30-64-59(63)78)66-58(77)45(39(2)3)34-43(71)19-13-12-16-31-69-52(74)28-29-53(69)75/h14-15,20-21,24-29,39-40,45,47,55H,11-13,16-19,22-23,30-38H2,1-10H3,(H,66,77)(H,68,79)(H3,63,64,78)/t45-,47-,55-/m0/s1. The first kappa shape index (κ1) is 66.4. The topological polar surface area (TPSA) is 287 Å². The number of alkyl carbamates (subject to hydrolysis) is 1. The molecule has 0 unspecified atom stereocenters. The number of fused-ring (bicyclic) bond motifs is 3. The summed E-state index contributed by atoms with van der Waals surface area (Å²) in [5.41, 5.74) is 7.56. The molecule has 0 spiro atoms. The summed E-state index contributed by atoms with van der Waals surface area (Å²) in [6, 6.07) is 12.2. The number of imide groups is 1. The zero-order valence-electron chi connectivity index (χ0n) is 50.1. The maximum absolute atomic E-state index is 14.0. The molecule has 6 amide bonds. The van der Waals surface area contributed by atoms with E-state index in [0.29, 0.717) is 78.9 Å². The summed E-state index contributed by atoms with van der Waals surface area (Å²) in [6.07, 6.45) is 4.68. The Hall–Kier alpha value is -7.39. The molecule has 5 rings (SSSR count). The van der Waals surface area contributed by atoms with Crippen LogP contribution in [0.4, 0.5) is 9.59 Å². The smallest absolute Gasteiger partial charge is 0.408 e. The zero-order valence-corrected chi connectivity index (χ0v) is 50.1. The van der Waals surface area contributed by atoms with E-state index >= 15 is 0 Å². The van der Waals surface area contributed by atoms with E-state index in [0.717, 1.165) is 10.9 Å². The Morgan fingerprint density at radius 1 is 0.747 bits per heavy atom. The van der Waals surface area contributed by atoms with Crippen molar-refractivity contribution in [3.8, 4) is 0 Å². The minimum atomic E-state index is -0.909. The molecule has 0 saturated carbocycles. The van der Waals surface area contributed by atoms with Crippen LogP contribution in [0.15, 0.2) is 60.7 Å². The van der Waals surface area contributed by atoms with E-state index in [4.69, 9.17) is 34.6 Å². The van der Waals surface area contributed by atoms with Crippen molar-refractivity contribution in [2.24, 2.45) is 23.5 Å². The average Bonchev–Trinajstić information content (AvgIpc) is 3.79. The summed E-state index contributed by atoms with van der Waals surface area (Å²) in [7, 11) is 0. The number of primary amides is 1. The van der Waals surface area contributed by atoms with Gasteiger partial charge in [0.2, 0.25) is 5.91 Å². The molecule has 83 heavy (non-hydrogen) atoms. The van der Waals surface area contributed by atoms with Gasteiger partial charge in [0.15, 0.2) is 11.6 Å². The van der Waals surface area contributed by atoms with Gasteiger partial charge in [-0.1, -0.05) is 76.6 Å². The van der Waals surface area contributed by atoms with Crippen LogP contribution in [0.25, 0.3) is 21.9 Å². The van der Waals surface area contributed by atoms with E-state index < -0.39 is 53.2 Å². The monoisotopic (exact) mass is 1150 g/mol. The van der Waals surface area contributed by atoms with Gasteiger partial charge in [-0.15, -0.1) is 0 Å². The van der Waals surface area contributed by atoms with Gasteiger partial charge >= 0.3 is 18.1 Å². The molecule has 1 aliphatic rings. The van der Waals surface area contributed by atoms with Crippen molar-refractivity contribution in [1.82, 2.24) is 35.4 Å². The predicted molar refractivity (Wildman–Crippen MR) is 312 cm³/mol. The number of aromatic nitrogens is 3. The molecule has 2 aromatic heterocycles. The number of benzene rings is 2. The molecule has 5 N–H and O–H groups in total. The van der Waals surface area contributed by atoms with E-state index in [2.05, 4.69) is 20.5 Å². The van der Waals surface area contributed by atoms with Gasteiger partial charge in [-0.3, -0.25) is 38.5 Å². The molecule has 452 valence electrons. The number of rotatable bonds is 35. The second-order valence-electron chi connectivity index (χ2n) is 23.4. The molecule has 4 aromatic rings. The van der Waals surface area contributed by atoms with Crippen LogP contribution in [0.1, 0.15) is 150 Å². The number of carbonyl (C=O) groups is 9. The molecule has 1 aliphatic heterocycles. The van der Waals surface area contributed by atoms with E-state index in [1.165, 1.54) is 17.1 Å². The second-order valence-corrected chi connectivity index (χ2v) is 23.4. The van der Waals surface area contributed by atoms with Crippen molar-refractivity contribution in [2.75, 3.05) is 26.3 Å². The van der Waals surface area contributed by atoms with Crippen molar-refractivity contribution in [1.29, 1.82) is 0 Å². The van der Waals surface area contributed by atoms with Crippen molar-refractivity contribution in [3.05, 3.63) is 83.3 Å². The Labute approximate surface area is 486 Å². The van der Waals surface area contributed by atoms with E-state index in [1.54, 1.807) is 45.0 Å². The Kier molecular flexibility index (Phi) is 25.1. The number of para-hydroxylation sites is 1. The molecule has 0 fully saturated rings. The number of hydrogen-bond acceptors (Lipinski definition) is 15. The molecule has 0 radical (unpaired) electrons. The number of imidazole rings is 1. The summed E-state index contributed by atoms with van der Waals surface area (Å²) >= 11 is 0. The lowest BCUT2D eigenvalue weighted by Crippen LogP contribution is -2.47. The van der Waals surface area contributed by atoms with Crippen LogP contribution in [-0.4, -0.2) is 122 Å². The van der Waals surface area contributed by atoms with Crippen LogP contribution in [-0.2, 0) is 85.1 Å². The van der Waals surface area contributed by atoms with E-state index in [1.807, 2.05) is 72.7 Å². The lowest BCUT2D eigenvalue weighted by Gasteiger charge is -2.27. The van der Waals surface area contributed by atoms with Gasteiger partial charge in [-0.05, 0) is 103 Å². The highest BCUT2D eigenvalue weighted by molar-refractivity contribution is 6.13. The van der Waals surface area contributed by atoms with Crippen molar-refractivity contribution in [3.63, 3.8) is 0 Å². The molecule has 0 bridgehead atoms.